The molecule has 7 heteroatoms. The number of hydrogen-bond acceptors (Lipinski definition) is 3. The first-order valence-corrected chi connectivity index (χ1v) is 6.14. The third-order valence-corrected chi connectivity index (χ3v) is 2.61. The molecule has 2 amide bonds. The fourth-order valence-corrected chi connectivity index (χ4v) is 1.76. The Bertz CT molecular complexity index is 428. The van der Waals surface area contributed by atoms with Crippen molar-refractivity contribution in [2.24, 2.45) is 0 Å². The van der Waals surface area contributed by atoms with Crippen LogP contribution in [0.3, 0.4) is 0 Å². The van der Waals surface area contributed by atoms with Crippen LogP contribution in [-0.4, -0.2) is 32.6 Å². The highest BCUT2D eigenvalue weighted by atomic mass is 16.4. The molecular weight excluding hydrogens is 248 g/mol. The topological polar surface area (TPSA) is 107 Å². The second kappa shape index (κ2) is 6.21. The number of rotatable bonds is 6. The summed E-state index contributed by atoms with van der Waals surface area (Å²) in [5, 5.41) is 14.2. The number of nitrogens with one attached hydrogen (secondary N) is 3. The highest BCUT2D eigenvalue weighted by Gasteiger charge is 2.25. The van der Waals surface area contributed by atoms with Crippen molar-refractivity contribution in [3.63, 3.8) is 0 Å². The van der Waals surface area contributed by atoms with Gasteiger partial charge in [0.05, 0.1) is 12.5 Å². The minimum absolute atomic E-state index is 0.141. The lowest BCUT2D eigenvalue weighted by molar-refractivity contribution is -0.138. The van der Waals surface area contributed by atoms with Crippen molar-refractivity contribution in [1.82, 2.24) is 20.6 Å². The third-order valence-electron chi connectivity index (χ3n) is 2.61. The molecule has 4 N–H and O–H groups in total. The van der Waals surface area contributed by atoms with Crippen molar-refractivity contribution in [3.05, 3.63) is 18.2 Å². The molecule has 1 aromatic heterocycles. The molecule has 19 heavy (non-hydrogen) atoms. The summed E-state index contributed by atoms with van der Waals surface area (Å²) in [5.41, 5.74) is -0.808. The molecule has 106 valence electrons. The number of carboxylic acids is 1. The molecule has 0 aromatic carbocycles. The van der Waals surface area contributed by atoms with E-state index in [1.165, 1.54) is 0 Å². The molecule has 0 fully saturated rings. The maximum absolute atomic E-state index is 11.8. The van der Waals surface area contributed by atoms with Crippen molar-refractivity contribution in [3.8, 4) is 0 Å². The SMILES string of the molecule is CCC(NC(=O)NC(C)(C)CC(=O)O)c1ncc[nH]1. The third kappa shape index (κ3) is 4.99. The zero-order valence-corrected chi connectivity index (χ0v) is 11.4. The molecule has 1 aromatic rings. The van der Waals surface area contributed by atoms with E-state index in [9.17, 15) is 9.59 Å². The maximum atomic E-state index is 11.8. The number of nitrogens with zero attached hydrogens (tertiary/aromatic N) is 1. The largest absolute Gasteiger partial charge is 0.481 e. The summed E-state index contributed by atoms with van der Waals surface area (Å²) in [6, 6.07) is -0.634. The van der Waals surface area contributed by atoms with E-state index in [4.69, 9.17) is 5.11 Å². The van der Waals surface area contributed by atoms with E-state index in [-0.39, 0.29) is 12.5 Å². The molecule has 0 saturated carbocycles. The van der Waals surface area contributed by atoms with Gasteiger partial charge in [-0.25, -0.2) is 9.78 Å². The Hall–Kier alpha value is -2.05. The van der Waals surface area contributed by atoms with Crippen LogP contribution in [0.2, 0.25) is 0 Å². The van der Waals surface area contributed by atoms with Crippen LogP contribution in [-0.2, 0) is 4.79 Å². The number of carbonyl (C=O) groups excluding carboxylic acids is 1. The number of imidazole rings is 1. The van der Waals surface area contributed by atoms with E-state index >= 15 is 0 Å². The molecule has 0 saturated heterocycles. The first-order chi connectivity index (χ1) is 8.84. The molecule has 1 rings (SSSR count). The molecule has 0 spiro atoms. The number of hydrogen-bond donors (Lipinski definition) is 4. The van der Waals surface area contributed by atoms with E-state index < -0.39 is 17.5 Å². The Labute approximate surface area is 111 Å². The Kier molecular flexibility index (Phi) is 4.91. The van der Waals surface area contributed by atoms with Crippen LogP contribution in [0.25, 0.3) is 0 Å². The van der Waals surface area contributed by atoms with Crippen molar-refractivity contribution in [2.75, 3.05) is 0 Å². The van der Waals surface area contributed by atoms with Crippen LogP contribution in [0.15, 0.2) is 12.4 Å². The van der Waals surface area contributed by atoms with Gasteiger partial charge in [0.1, 0.15) is 5.82 Å². The van der Waals surface area contributed by atoms with Gasteiger partial charge >= 0.3 is 12.0 Å². The minimum Gasteiger partial charge on any atom is -0.481 e. The van der Waals surface area contributed by atoms with Gasteiger partial charge in [0.15, 0.2) is 0 Å². The quantitative estimate of drug-likeness (QED) is 0.625. The summed E-state index contributed by atoms with van der Waals surface area (Å²) in [5.74, 6) is -0.280. The highest BCUT2D eigenvalue weighted by Crippen LogP contribution is 2.12. The lowest BCUT2D eigenvalue weighted by Gasteiger charge is -2.26. The van der Waals surface area contributed by atoms with Gasteiger partial charge in [-0.3, -0.25) is 4.79 Å². The fourth-order valence-electron chi connectivity index (χ4n) is 1.76. The van der Waals surface area contributed by atoms with Crippen LogP contribution < -0.4 is 10.6 Å². The first kappa shape index (κ1) is 15.0. The van der Waals surface area contributed by atoms with E-state index in [0.29, 0.717) is 12.2 Å². The minimum atomic E-state index is -0.955. The number of H-pyrrole nitrogens is 1. The monoisotopic (exact) mass is 268 g/mol. The van der Waals surface area contributed by atoms with Crippen LogP contribution in [0.1, 0.15) is 45.5 Å². The number of amides is 2. The average Bonchev–Trinajstić information content (AvgIpc) is 2.76. The average molecular weight is 268 g/mol. The molecule has 0 aliphatic rings. The van der Waals surface area contributed by atoms with Gasteiger partial charge in [0.25, 0.3) is 0 Å². The number of aromatic amines is 1. The summed E-state index contributed by atoms with van der Waals surface area (Å²) in [6.07, 6.45) is 3.84. The number of carboxylic acid groups (broad SMARTS) is 1. The highest BCUT2D eigenvalue weighted by molar-refractivity contribution is 5.76. The van der Waals surface area contributed by atoms with Gasteiger partial charge in [0, 0.05) is 17.9 Å². The van der Waals surface area contributed by atoms with E-state index in [0.717, 1.165) is 0 Å². The van der Waals surface area contributed by atoms with Crippen molar-refractivity contribution in [2.45, 2.75) is 45.2 Å². The predicted octanol–water partition coefficient (Wildman–Crippen LogP) is 1.41. The van der Waals surface area contributed by atoms with E-state index in [1.807, 2.05) is 6.92 Å². The Morgan fingerprint density at radius 2 is 2.21 bits per heavy atom. The fraction of sp³-hybridized carbons (Fsp3) is 0.583. The molecule has 1 unspecified atom stereocenters. The number of carbonyl (C=O) groups is 2. The van der Waals surface area contributed by atoms with Gasteiger partial charge in [-0.05, 0) is 20.3 Å². The van der Waals surface area contributed by atoms with Gasteiger partial charge in [-0.15, -0.1) is 0 Å². The summed E-state index contributed by atoms with van der Waals surface area (Å²) in [6.45, 7) is 5.25. The van der Waals surface area contributed by atoms with Crippen molar-refractivity contribution in [1.29, 1.82) is 0 Å². The molecule has 0 radical (unpaired) electrons. The Morgan fingerprint density at radius 3 is 2.68 bits per heavy atom. The zero-order chi connectivity index (χ0) is 14.5. The normalized spacial score (nSPS) is 12.8. The Morgan fingerprint density at radius 1 is 1.53 bits per heavy atom. The molecule has 0 aliphatic carbocycles. The summed E-state index contributed by atoms with van der Waals surface area (Å²) >= 11 is 0. The van der Waals surface area contributed by atoms with Crippen LogP contribution in [0.4, 0.5) is 4.79 Å². The molecule has 7 nitrogen and oxygen atoms in total. The molecular formula is C12H20N4O3. The lowest BCUT2D eigenvalue weighted by Crippen LogP contribution is -2.50. The Balaban J connectivity index is 2.57. The summed E-state index contributed by atoms with van der Waals surface area (Å²) in [4.78, 5) is 29.6. The van der Waals surface area contributed by atoms with Gasteiger partial charge in [-0.2, -0.15) is 0 Å². The predicted molar refractivity (Wildman–Crippen MR) is 69.6 cm³/mol. The van der Waals surface area contributed by atoms with Gasteiger partial charge in [0.2, 0.25) is 0 Å². The maximum Gasteiger partial charge on any atom is 0.315 e. The van der Waals surface area contributed by atoms with Gasteiger partial charge in [-0.1, -0.05) is 6.92 Å². The summed E-state index contributed by atoms with van der Waals surface area (Å²) in [7, 11) is 0. The zero-order valence-electron chi connectivity index (χ0n) is 11.4. The standard InChI is InChI=1S/C12H20N4O3/c1-4-8(10-13-5-6-14-10)15-11(19)16-12(2,3)7-9(17)18/h5-6,8H,4,7H2,1-3H3,(H,13,14)(H,17,18)(H2,15,16,19). The lowest BCUT2D eigenvalue weighted by atomic mass is 10.0. The van der Waals surface area contributed by atoms with E-state index in [1.54, 1.807) is 26.2 Å². The molecule has 1 atom stereocenters. The van der Waals surface area contributed by atoms with Crippen LogP contribution >= 0.6 is 0 Å². The molecule has 0 aliphatic heterocycles. The number of urea groups is 1. The number of aliphatic carboxylic acids is 1. The van der Waals surface area contributed by atoms with Crippen molar-refractivity contribution >= 4 is 12.0 Å². The van der Waals surface area contributed by atoms with Crippen LogP contribution in [0, 0.1) is 0 Å². The smallest absolute Gasteiger partial charge is 0.315 e. The van der Waals surface area contributed by atoms with E-state index in [2.05, 4.69) is 20.6 Å². The summed E-state index contributed by atoms with van der Waals surface area (Å²) < 4.78 is 0. The molecule has 1 heterocycles. The number of aromatic nitrogens is 2. The van der Waals surface area contributed by atoms with Crippen molar-refractivity contribution < 1.29 is 14.7 Å². The van der Waals surface area contributed by atoms with Gasteiger partial charge < -0.3 is 20.7 Å². The molecule has 0 bridgehead atoms. The first-order valence-electron chi connectivity index (χ1n) is 6.14. The van der Waals surface area contributed by atoms with Crippen LogP contribution in [0.5, 0.6) is 0 Å². The second-order valence-corrected chi connectivity index (χ2v) is 4.99. The second-order valence-electron chi connectivity index (χ2n) is 4.99.